The summed E-state index contributed by atoms with van der Waals surface area (Å²) >= 11 is 0. The van der Waals surface area contributed by atoms with Gasteiger partial charge in [0.05, 0.1) is 4.92 Å². The van der Waals surface area contributed by atoms with Crippen molar-refractivity contribution in [2.45, 2.75) is 25.8 Å². The number of hydrogen-bond donors (Lipinski definition) is 1. The van der Waals surface area contributed by atoms with Crippen LogP contribution >= 0.6 is 12.4 Å². The Labute approximate surface area is 129 Å². The van der Waals surface area contributed by atoms with E-state index in [2.05, 4.69) is 0 Å². The lowest BCUT2D eigenvalue weighted by Crippen LogP contribution is -2.45. The van der Waals surface area contributed by atoms with E-state index < -0.39 is 4.92 Å². The minimum Gasteiger partial charge on any atom is -0.338 e. The third-order valence-corrected chi connectivity index (χ3v) is 3.82. The van der Waals surface area contributed by atoms with Crippen LogP contribution in [0.25, 0.3) is 0 Å². The predicted molar refractivity (Wildman–Crippen MR) is 82.6 cm³/mol. The second-order valence-corrected chi connectivity index (χ2v) is 5.29. The summed E-state index contributed by atoms with van der Waals surface area (Å²) in [5, 5.41) is 11.0. The molecule has 21 heavy (non-hydrogen) atoms. The number of nitrogens with two attached hydrogens (primary N) is 1. The molecule has 1 amide bonds. The number of carbonyl (C=O) groups excluding carboxylic acids is 1. The number of likely N-dealkylation sites (tertiary alicyclic amines) is 1. The summed E-state index contributed by atoms with van der Waals surface area (Å²) in [4.78, 5) is 24.6. The van der Waals surface area contributed by atoms with Gasteiger partial charge in [-0.2, -0.15) is 0 Å². The second-order valence-electron chi connectivity index (χ2n) is 5.29. The third kappa shape index (κ3) is 3.92. The van der Waals surface area contributed by atoms with E-state index in [0.29, 0.717) is 13.1 Å². The Morgan fingerprint density at radius 1 is 1.48 bits per heavy atom. The average Bonchev–Trinajstić information content (AvgIpc) is 2.46. The van der Waals surface area contributed by atoms with Gasteiger partial charge in [-0.3, -0.25) is 14.9 Å². The summed E-state index contributed by atoms with van der Waals surface area (Å²) in [5.74, 6) is -0.0156. The maximum atomic E-state index is 12.5. The molecule has 1 fully saturated rings. The fourth-order valence-corrected chi connectivity index (χ4v) is 2.61. The predicted octanol–water partition coefficient (Wildman–Crippen LogP) is 2.22. The molecule has 0 saturated carbocycles. The molecule has 1 saturated heterocycles. The van der Waals surface area contributed by atoms with Crippen LogP contribution < -0.4 is 5.73 Å². The van der Waals surface area contributed by atoms with E-state index in [4.69, 9.17) is 5.73 Å². The standard InChI is InChI=1S/C14H19N3O3.ClH/c1-10(15)11-5-4-8-16(9-11)14(18)12-6-2-3-7-13(12)17(19)20;/h2-3,6-7,10-11H,4-5,8-9,15H2,1H3;1H. The van der Waals surface area contributed by atoms with Crippen LogP contribution in [0.2, 0.25) is 0 Å². The van der Waals surface area contributed by atoms with Crippen LogP contribution in [0.3, 0.4) is 0 Å². The fraction of sp³-hybridized carbons (Fsp3) is 0.500. The van der Waals surface area contributed by atoms with E-state index in [1.807, 2.05) is 6.92 Å². The van der Waals surface area contributed by atoms with Gasteiger partial charge in [-0.05, 0) is 31.7 Å². The number of rotatable bonds is 3. The number of hydrogen-bond acceptors (Lipinski definition) is 4. The normalized spacial score (nSPS) is 19.5. The van der Waals surface area contributed by atoms with Gasteiger partial charge in [0, 0.05) is 25.2 Å². The smallest absolute Gasteiger partial charge is 0.282 e. The molecule has 1 aromatic carbocycles. The quantitative estimate of drug-likeness (QED) is 0.684. The van der Waals surface area contributed by atoms with E-state index in [0.717, 1.165) is 12.8 Å². The molecule has 2 atom stereocenters. The molecule has 0 aromatic heterocycles. The van der Waals surface area contributed by atoms with E-state index >= 15 is 0 Å². The van der Waals surface area contributed by atoms with Crippen molar-refractivity contribution < 1.29 is 9.72 Å². The van der Waals surface area contributed by atoms with Gasteiger partial charge in [0.15, 0.2) is 0 Å². The van der Waals surface area contributed by atoms with Crippen molar-refractivity contribution in [3.8, 4) is 0 Å². The van der Waals surface area contributed by atoms with Crippen molar-refractivity contribution in [2.75, 3.05) is 13.1 Å². The molecule has 0 bridgehead atoms. The average molecular weight is 314 g/mol. The number of nitro groups is 1. The highest BCUT2D eigenvalue weighted by Crippen LogP contribution is 2.24. The minimum absolute atomic E-state index is 0. The molecule has 0 spiro atoms. The molecule has 2 N–H and O–H groups in total. The Kier molecular flexibility index (Phi) is 6.11. The van der Waals surface area contributed by atoms with E-state index in [-0.39, 0.29) is 41.5 Å². The van der Waals surface area contributed by atoms with Crippen molar-refractivity contribution in [3.05, 3.63) is 39.9 Å². The van der Waals surface area contributed by atoms with Gasteiger partial charge in [0.1, 0.15) is 5.56 Å². The maximum absolute atomic E-state index is 12.5. The number of amides is 1. The van der Waals surface area contributed by atoms with Gasteiger partial charge in [-0.1, -0.05) is 12.1 Å². The first-order valence-electron chi connectivity index (χ1n) is 6.79. The highest BCUT2D eigenvalue weighted by Gasteiger charge is 2.29. The molecule has 0 aliphatic carbocycles. The second kappa shape index (κ2) is 7.38. The number of nitrogens with zero attached hydrogens (tertiary/aromatic N) is 2. The van der Waals surface area contributed by atoms with Crippen molar-refractivity contribution >= 4 is 24.0 Å². The van der Waals surface area contributed by atoms with E-state index in [1.165, 1.54) is 12.1 Å². The maximum Gasteiger partial charge on any atom is 0.282 e. The largest absolute Gasteiger partial charge is 0.338 e. The van der Waals surface area contributed by atoms with Crippen molar-refractivity contribution in [3.63, 3.8) is 0 Å². The zero-order valence-electron chi connectivity index (χ0n) is 11.9. The highest BCUT2D eigenvalue weighted by molar-refractivity contribution is 5.98. The summed E-state index contributed by atoms with van der Waals surface area (Å²) in [5.41, 5.74) is 5.92. The molecule has 116 valence electrons. The topological polar surface area (TPSA) is 89.5 Å². The summed E-state index contributed by atoms with van der Waals surface area (Å²) < 4.78 is 0. The van der Waals surface area contributed by atoms with Gasteiger partial charge < -0.3 is 10.6 Å². The SMILES string of the molecule is CC(N)C1CCCN(C(=O)c2ccccc2[N+](=O)[O-])C1.Cl. The lowest BCUT2D eigenvalue weighted by molar-refractivity contribution is -0.385. The zero-order valence-corrected chi connectivity index (χ0v) is 12.7. The van der Waals surface area contributed by atoms with Crippen LogP contribution in [0.5, 0.6) is 0 Å². The summed E-state index contributed by atoms with van der Waals surface area (Å²) in [6.45, 7) is 3.14. The first kappa shape index (κ1) is 17.4. The van der Waals surface area contributed by atoms with Crippen molar-refractivity contribution in [1.29, 1.82) is 0 Å². The number of piperidine rings is 1. The number of benzene rings is 1. The summed E-state index contributed by atoms with van der Waals surface area (Å²) in [6.07, 6.45) is 1.89. The number of carbonyl (C=O) groups is 1. The van der Waals surface area contributed by atoms with Gasteiger partial charge >= 0.3 is 0 Å². The molecular formula is C14H20ClN3O3. The van der Waals surface area contributed by atoms with Gasteiger partial charge in [0.25, 0.3) is 11.6 Å². The monoisotopic (exact) mass is 313 g/mol. The first-order valence-corrected chi connectivity index (χ1v) is 6.79. The number of para-hydroxylation sites is 1. The third-order valence-electron chi connectivity index (χ3n) is 3.82. The van der Waals surface area contributed by atoms with Crippen LogP contribution in [-0.2, 0) is 0 Å². The van der Waals surface area contributed by atoms with Crippen LogP contribution in [0.4, 0.5) is 5.69 Å². The molecule has 1 aliphatic heterocycles. The van der Waals surface area contributed by atoms with Crippen LogP contribution in [-0.4, -0.2) is 34.9 Å². The molecule has 6 nitrogen and oxygen atoms in total. The van der Waals surface area contributed by atoms with E-state index in [1.54, 1.807) is 17.0 Å². The molecule has 1 heterocycles. The molecule has 1 aliphatic rings. The van der Waals surface area contributed by atoms with Gasteiger partial charge in [-0.15, -0.1) is 12.4 Å². The lowest BCUT2D eigenvalue weighted by atomic mass is 9.92. The van der Waals surface area contributed by atoms with Crippen molar-refractivity contribution in [1.82, 2.24) is 4.90 Å². The molecule has 0 radical (unpaired) electrons. The van der Waals surface area contributed by atoms with E-state index in [9.17, 15) is 14.9 Å². The van der Waals surface area contributed by atoms with Gasteiger partial charge in [0.2, 0.25) is 0 Å². The summed E-state index contributed by atoms with van der Waals surface area (Å²) in [7, 11) is 0. The highest BCUT2D eigenvalue weighted by atomic mass is 35.5. The minimum atomic E-state index is -0.514. The Morgan fingerprint density at radius 3 is 2.76 bits per heavy atom. The fourth-order valence-electron chi connectivity index (χ4n) is 2.61. The Morgan fingerprint density at radius 2 is 2.14 bits per heavy atom. The Hall–Kier alpha value is -1.66. The molecule has 2 unspecified atom stereocenters. The lowest BCUT2D eigenvalue weighted by Gasteiger charge is -2.34. The molecule has 2 rings (SSSR count). The zero-order chi connectivity index (χ0) is 14.7. The van der Waals surface area contributed by atoms with Crippen molar-refractivity contribution in [2.24, 2.45) is 11.7 Å². The van der Waals surface area contributed by atoms with Crippen LogP contribution in [0, 0.1) is 16.0 Å². The summed E-state index contributed by atoms with van der Waals surface area (Å²) in [6, 6.07) is 6.11. The Balaban J connectivity index is 0.00000220. The molecular weight excluding hydrogens is 294 g/mol. The van der Waals surface area contributed by atoms with Gasteiger partial charge in [-0.25, -0.2) is 0 Å². The molecule has 7 heteroatoms. The first-order chi connectivity index (χ1) is 9.50. The number of nitro benzene ring substituents is 1. The molecule has 1 aromatic rings. The Bertz CT molecular complexity index is 522. The van der Waals surface area contributed by atoms with Crippen LogP contribution in [0.15, 0.2) is 24.3 Å². The van der Waals surface area contributed by atoms with Crippen LogP contribution in [0.1, 0.15) is 30.1 Å². The number of halogens is 1.